The van der Waals surface area contributed by atoms with Crippen molar-refractivity contribution in [2.75, 3.05) is 29.5 Å². The zero-order valence-electron chi connectivity index (χ0n) is 27.0. The first-order chi connectivity index (χ1) is 23.8. The second kappa shape index (κ2) is 14.7. The molecule has 1 N–H and O–H groups in total. The van der Waals surface area contributed by atoms with Gasteiger partial charge in [-0.1, -0.05) is 36.4 Å². The van der Waals surface area contributed by atoms with E-state index in [9.17, 15) is 21.6 Å². The predicted molar refractivity (Wildman–Crippen MR) is 190 cm³/mol. The number of fused-ring (bicyclic) bond motifs is 1. The summed E-state index contributed by atoms with van der Waals surface area (Å²) in [6.07, 6.45) is -1.41. The lowest BCUT2D eigenvalue weighted by atomic mass is 9.99. The Labute approximate surface area is 300 Å². The van der Waals surface area contributed by atoms with E-state index in [1.165, 1.54) is 13.2 Å². The third-order valence-corrected chi connectivity index (χ3v) is 10.2. The second-order valence-electron chi connectivity index (χ2n) is 11.9. The molecule has 1 atom stereocenters. The lowest BCUT2D eigenvalue weighted by molar-refractivity contribution is -0.127. The Kier molecular flexibility index (Phi) is 10.5. The van der Waals surface area contributed by atoms with E-state index in [2.05, 4.69) is 32.9 Å². The molecule has 5 aromatic rings. The fourth-order valence-electron chi connectivity index (χ4n) is 5.75. The van der Waals surface area contributed by atoms with Gasteiger partial charge in [0.2, 0.25) is 10.0 Å². The maximum Gasteiger partial charge on any atom is 0.393 e. The van der Waals surface area contributed by atoms with Gasteiger partial charge in [0, 0.05) is 37.5 Å². The molecular formula is C34H33F4IN6O4S. The highest BCUT2D eigenvalue weighted by molar-refractivity contribution is 14.1. The molecule has 0 amide bonds. The molecule has 4 heterocycles. The van der Waals surface area contributed by atoms with Crippen molar-refractivity contribution in [3.8, 4) is 17.0 Å². The average Bonchev–Trinajstić information content (AvgIpc) is 3.43. The highest BCUT2D eigenvalue weighted by Crippen LogP contribution is 2.39. The molecule has 0 radical (unpaired) electrons. The number of anilines is 2. The quantitative estimate of drug-likeness (QED) is 0.107. The van der Waals surface area contributed by atoms with Gasteiger partial charge in [-0.3, -0.25) is 4.31 Å². The number of sulfonamides is 1. The zero-order chi connectivity index (χ0) is 35.6. The number of hydrogen-bond donors (Lipinski definition) is 1. The molecule has 16 heteroatoms. The Balaban J connectivity index is 1.47. The highest BCUT2D eigenvalue weighted by Gasteiger charge is 2.31. The molecule has 0 bridgehead atoms. The summed E-state index contributed by atoms with van der Waals surface area (Å²) in [5, 5.41) is 8.55. The van der Waals surface area contributed by atoms with Gasteiger partial charge in [0.05, 0.1) is 29.3 Å². The monoisotopic (exact) mass is 824 g/mol. The number of ether oxygens (including phenoxy) is 2. The Morgan fingerprint density at radius 3 is 2.58 bits per heavy atom. The van der Waals surface area contributed by atoms with Crippen molar-refractivity contribution >= 4 is 55.2 Å². The fourth-order valence-corrected chi connectivity index (χ4v) is 6.99. The average molecular weight is 825 g/mol. The molecule has 6 rings (SSSR count). The summed E-state index contributed by atoms with van der Waals surface area (Å²) >= 11 is 2.06. The van der Waals surface area contributed by atoms with Crippen molar-refractivity contribution in [3.63, 3.8) is 0 Å². The van der Waals surface area contributed by atoms with Crippen molar-refractivity contribution in [2.24, 2.45) is 0 Å². The van der Waals surface area contributed by atoms with Crippen molar-refractivity contribution in [1.82, 2.24) is 19.7 Å². The van der Waals surface area contributed by atoms with Crippen molar-refractivity contribution in [1.29, 1.82) is 0 Å². The van der Waals surface area contributed by atoms with Crippen LogP contribution in [0.4, 0.5) is 29.2 Å². The Morgan fingerprint density at radius 1 is 1.10 bits per heavy atom. The molecule has 0 spiro atoms. The Morgan fingerprint density at radius 2 is 1.88 bits per heavy atom. The van der Waals surface area contributed by atoms with Crippen molar-refractivity contribution < 1.29 is 35.5 Å². The van der Waals surface area contributed by atoms with Crippen LogP contribution in [-0.4, -0.2) is 54.3 Å². The van der Waals surface area contributed by atoms with Gasteiger partial charge in [0.1, 0.15) is 21.9 Å². The van der Waals surface area contributed by atoms with Crippen LogP contribution in [-0.2, 0) is 34.3 Å². The summed E-state index contributed by atoms with van der Waals surface area (Å²) in [6, 6.07) is 16.0. The number of pyridine rings is 2. The minimum Gasteiger partial charge on any atom is -0.486 e. The molecule has 2 aromatic carbocycles. The summed E-state index contributed by atoms with van der Waals surface area (Å²) in [7, 11) is -2.25. The lowest BCUT2D eigenvalue weighted by Gasteiger charge is -2.24. The summed E-state index contributed by atoms with van der Waals surface area (Å²) in [4.78, 5) is 9.00. The standard InChI is InChI=1S/C34H33F4IN6O4S/c1-44(50(2,46)47)33-22(11-8-13-40-33)19-41-32-30-27(45(43-31(30)39)29-12-6-7-14-48-29)17-26(42-32)24-16-25(35)28(15-23(24)18-34(36,37)38)49-20-21-9-4-3-5-10-21/h3-5,8-11,13,15-17,29H,6-7,12,14,18-20H2,1-2H3,(H,41,42). The number of alkyl halides is 3. The van der Waals surface area contributed by atoms with E-state index in [0.717, 1.165) is 41.1 Å². The number of hydrogen-bond acceptors (Lipinski definition) is 8. The molecule has 50 heavy (non-hydrogen) atoms. The van der Waals surface area contributed by atoms with Crippen molar-refractivity contribution in [2.45, 2.75) is 51.2 Å². The first kappa shape index (κ1) is 35.8. The molecule has 1 fully saturated rings. The smallest absolute Gasteiger partial charge is 0.393 e. The van der Waals surface area contributed by atoms with Crippen LogP contribution in [0.5, 0.6) is 5.75 Å². The lowest BCUT2D eigenvalue weighted by Crippen LogP contribution is -2.27. The van der Waals surface area contributed by atoms with Gasteiger partial charge in [0.25, 0.3) is 0 Å². The van der Waals surface area contributed by atoms with E-state index in [4.69, 9.17) is 19.6 Å². The number of nitrogens with zero attached hydrogens (tertiary/aromatic N) is 5. The summed E-state index contributed by atoms with van der Waals surface area (Å²) in [5.74, 6) is -0.716. The third kappa shape index (κ3) is 8.12. The van der Waals surface area contributed by atoms with Gasteiger partial charge in [-0.15, -0.1) is 0 Å². The van der Waals surface area contributed by atoms with Gasteiger partial charge < -0.3 is 14.8 Å². The maximum absolute atomic E-state index is 15.7. The number of halogens is 5. The summed E-state index contributed by atoms with van der Waals surface area (Å²) in [5.41, 5.74) is 1.55. The molecule has 1 saturated heterocycles. The Bertz CT molecular complexity index is 2110. The van der Waals surface area contributed by atoms with Crippen LogP contribution in [0.25, 0.3) is 22.2 Å². The molecule has 0 saturated carbocycles. The van der Waals surface area contributed by atoms with Crippen LogP contribution in [0.15, 0.2) is 66.9 Å². The Hall–Kier alpha value is -4.03. The number of aromatic nitrogens is 4. The fraction of sp³-hybridized carbons (Fsp3) is 0.324. The number of benzene rings is 2. The molecule has 0 aliphatic carbocycles. The topological polar surface area (TPSA) is 111 Å². The van der Waals surface area contributed by atoms with Gasteiger partial charge in [-0.2, -0.15) is 18.3 Å². The largest absolute Gasteiger partial charge is 0.486 e. The van der Waals surface area contributed by atoms with Gasteiger partial charge >= 0.3 is 6.18 Å². The van der Waals surface area contributed by atoms with Crippen LogP contribution in [0.3, 0.4) is 0 Å². The molecule has 1 unspecified atom stereocenters. The first-order valence-electron chi connectivity index (χ1n) is 15.7. The molecule has 3 aromatic heterocycles. The second-order valence-corrected chi connectivity index (χ2v) is 14.9. The van der Waals surface area contributed by atoms with E-state index in [0.29, 0.717) is 33.2 Å². The van der Waals surface area contributed by atoms with Crippen LogP contribution in [0, 0.1) is 9.52 Å². The van der Waals surface area contributed by atoms with E-state index in [-0.39, 0.29) is 47.4 Å². The number of nitrogens with one attached hydrogen (secondary N) is 1. The molecular weight excluding hydrogens is 791 g/mol. The maximum atomic E-state index is 15.7. The first-order valence-corrected chi connectivity index (χ1v) is 18.6. The van der Waals surface area contributed by atoms with Gasteiger partial charge in [-0.25, -0.2) is 27.5 Å². The SMILES string of the molecule is CN(c1ncccc1CNc1nc(-c2cc(F)c(OCc3ccccc3)cc2CC(F)(F)F)cc2c1c(I)nn2C1CCCCO1)S(C)(=O)=O. The summed E-state index contributed by atoms with van der Waals surface area (Å²) < 4.78 is 97.3. The third-order valence-electron chi connectivity index (χ3n) is 8.25. The minimum absolute atomic E-state index is 0.0370. The van der Waals surface area contributed by atoms with E-state index < -0.39 is 34.7 Å². The normalized spacial score (nSPS) is 15.3. The van der Waals surface area contributed by atoms with Crippen LogP contribution in [0.1, 0.15) is 42.2 Å². The van der Waals surface area contributed by atoms with E-state index >= 15 is 4.39 Å². The number of rotatable bonds is 11. The van der Waals surface area contributed by atoms with Gasteiger partial charge in [0.15, 0.2) is 17.8 Å². The van der Waals surface area contributed by atoms with Crippen molar-refractivity contribution in [3.05, 3.63) is 93.1 Å². The van der Waals surface area contributed by atoms with E-state index in [1.807, 2.05) is 6.07 Å². The zero-order valence-corrected chi connectivity index (χ0v) is 30.0. The molecule has 1 aliphatic heterocycles. The highest BCUT2D eigenvalue weighted by atomic mass is 127. The van der Waals surface area contributed by atoms with Crippen LogP contribution in [0.2, 0.25) is 0 Å². The van der Waals surface area contributed by atoms with Gasteiger partial charge in [-0.05, 0) is 77.2 Å². The van der Waals surface area contributed by atoms with Crippen LogP contribution >= 0.6 is 22.6 Å². The van der Waals surface area contributed by atoms with E-state index in [1.54, 1.807) is 47.1 Å². The summed E-state index contributed by atoms with van der Waals surface area (Å²) in [6.45, 7) is 0.533. The van der Waals surface area contributed by atoms with Crippen LogP contribution < -0.4 is 14.4 Å². The molecule has 1 aliphatic rings. The predicted octanol–water partition coefficient (Wildman–Crippen LogP) is 7.63. The molecule has 264 valence electrons. The minimum atomic E-state index is -4.62. The molecule has 10 nitrogen and oxygen atoms in total.